The lowest BCUT2D eigenvalue weighted by Gasteiger charge is -2.39. The van der Waals surface area contributed by atoms with Crippen LogP contribution < -0.4 is 0 Å². The first-order chi connectivity index (χ1) is 26.7. The second-order valence-electron chi connectivity index (χ2n) is 17.3. The maximum absolute atomic E-state index is 13.0. The zero-order valence-corrected chi connectivity index (χ0v) is 34.0. The Hall–Kier alpha value is -4.66. The topological polar surface area (TPSA) is 161 Å². The first kappa shape index (κ1) is 44.4. The number of carbonyl (C=O) groups excluding carboxylic acids is 4. The second kappa shape index (κ2) is 16.5. The standard InChI is InChI=1S/2C18H26F3N5O3/c2*1-11-9-25(16(28)29-17(2,3)4)6-5-12(11)14(27)24-7-8-26-13(10-24)22-23-15(26)18(19,20)21/h2*11-12H,5-10H2,1-4H3/t2*11-,12+/m10/s1. The van der Waals surface area contributed by atoms with Crippen LogP contribution in [0.5, 0.6) is 0 Å². The lowest BCUT2D eigenvalue weighted by molar-refractivity contribution is -0.149. The van der Waals surface area contributed by atoms with Crippen LogP contribution in [0.3, 0.4) is 0 Å². The molecular weight excluding hydrogens is 782 g/mol. The lowest BCUT2D eigenvalue weighted by Crippen LogP contribution is -2.50. The van der Waals surface area contributed by atoms with Gasteiger partial charge >= 0.3 is 24.5 Å². The van der Waals surface area contributed by atoms with Crippen molar-refractivity contribution in [3.05, 3.63) is 23.3 Å². The van der Waals surface area contributed by atoms with Gasteiger partial charge in [-0.25, -0.2) is 9.59 Å². The first-order valence-corrected chi connectivity index (χ1v) is 19.3. The van der Waals surface area contributed by atoms with Crippen LogP contribution >= 0.6 is 0 Å². The molecule has 0 aliphatic carbocycles. The van der Waals surface area contributed by atoms with Crippen molar-refractivity contribution in [3.8, 4) is 0 Å². The van der Waals surface area contributed by atoms with E-state index in [0.717, 1.165) is 9.13 Å². The summed E-state index contributed by atoms with van der Waals surface area (Å²) in [7, 11) is 0. The molecule has 4 amide bonds. The van der Waals surface area contributed by atoms with Crippen molar-refractivity contribution in [1.82, 2.24) is 49.1 Å². The number of amides is 4. The molecule has 0 bridgehead atoms. The summed E-state index contributed by atoms with van der Waals surface area (Å²) < 4.78 is 90.6. The van der Waals surface area contributed by atoms with Crippen molar-refractivity contribution in [2.75, 3.05) is 39.3 Å². The maximum atomic E-state index is 13.0. The molecule has 0 saturated carbocycles. The Balaban J connectivity index is 0.000000221. The smallest absolute Gasteiger partial charge is 0.444 e. The van der Waals surface area contributed by atoms with E-state index >= 15 is 0 Å². The van der Waals surface area contributed by atoms with Crippen LogP contribution in [0.4, 0.5) is 35.9 Å². The summed E-state index contributed by atoms with van der Waals surface area (Å²) >= 11 is 0. The normalized spacial score (nSPS) is 23.0. The largest absolute Gasteiger partial charge is 0.451 e. The Kier molecular flexibility index (Phi) is 12.7. The van der Waals surface area contributed by atoms with E-state index < -0.39 is 47.4 Å². The van der Waals surface area contributed by atoms with Crippen molar-refractivity contribution < 1.29 is 55.0 Å². The van der Waals surface area contributed by atoms with E-state index in [4.69, 9.17) is 9.47 Å². The zero-order valence-electron chi connectivity index (χ0n) is 34.0. The molecule has 2 aromatic heterocycles. The molecule has 6 rings (SSSR count). The molecule has 0 N–H and O–H groups in total. The first-order valence-electron chi connectivity index (χ1n) is 19.3. The quantitative estimate of drug-likeness (QED) is 0.374. The van der Waals surface area contributed by atoms with Gasteiger partial charge in [0.25, 0.3) is 0 Å². The van der Waals surface area contributed by atoms with E-state index in [1.807, 2.05) is 13.8 Å². The number of hydrogen-bond acceptors (Lipinski definition) is 10. The van der Waals surface area contributed by atoms with Gasteiger partial charge in [0, 0.05) is 64.2 Å². The molecule has 0 aromatic carbocycles. The number of aromatic nitrogens is 6. The van der Waals surface area contributed by atoms with E-state index in [-0.39, 0.29) is 86.4 Å². The van der Waals surface area contributed by atoms with Crippen molar-refractivity contribution in [2.24, 2.45) is 23.7 Å². The average Bonchev–Trinajstić information content (AvgIpc) is 3.74. The van der Waals surface area contributed by atoms with Crippen LogP contribution in [0, 0.1) is 23.7 Å². The van der Waals surface area contributed by atoms with Gasteiger partial charge in [0.2, 0.25) is 23.5 Å². The van der Waals surface area contributed by atoms with Gasteiger partial charge in [-0.2, -0.15) is 26.3 Å². The number of ether oxygens (including phenoxy) is 2. The Labute approximate surface area is 332 Å². The van der Waals surface area contributed by atoms with E-state index in [1.165, 1.54) is 9.80 Å². The van der Waals surface area contributed by atoms with Gasteiger partial charge in [-0.1, -0.05) is 13.8 Å². The molecule has 16 nitrogen and oxygen atoms in total. The minimum atomic E-state index is -4.57. The Morgan fingerprint density at radius 3 is 1.17 bits per heavy atom. The molecule has 22 heteroatoms. The number of rotatable bonds is 2. The maximum Gasteiger partial charge on any atom is 0.451 e. The van der Waals surface area contributed by atoms with Gasteiger partial charge in [0.05, 0.1) is 13.1 Å². The van der Waals surface area contributed by atoms with Gasteiger partial charge in [-0.15, -0.1) is 20.4 Å². The van der Waals surface area contributed by atoms with E-state index in [9.17, 15) is 45.5 Å². The lowest BCUT2D eigenvalue weighted by atomic mass is 9.85. The summed E-state index contributed by atoms with van der Waals surface area (Å²) in [5.74, 6) is -2.81. The highest BCUT2D eigenvalue weighted by Gasteiger charge is 2.44. The monoisotopic (exact) mass is 834 g/mol. The molecule has 58 heavy (non-hydrogen) atoms. The molecule has 4 aliphatic heterocycles. The third kappa shape index (κ3) is 10.5. The summed E-state index contributed by atoms with van der Waals surface area (Å²) in [5.41, 5.74) is -1.18. The summed E-state index contributed by atoms with van der Waals surface area (Å²) in [6.07, 6.45) is -8.98. The number of fused-ring (bicyclic) bond motifs is 2. The van der Waals surface area contributed by atoms with Crippen LogP contribution in [-0.2, 0) is 57.6 Å². The third-order valence-electron chi connectivity index (χ3n) is 10.4. The van der Waals surface area contributed by atoms with Gasteiger partial charge in [0.1, 0.15) is 11.2 Å². The van der Waals surface area contributed by atoms with Gasteiger partial charge in [0.15, 0.2) is 11.6 Å². The Bertz CT molecular complexity index is 1700. The van der Waals surface area contributed by atoms with E-state index in [0.29, 0.717) is 39.0 Å². The Morgan fingerprint density at radius 1 is 0.534 bits per heavy atom. The van der Waals surface area contributed by atoms with Crippen molar-refractivity contribution in [1.29, 1.82) is 0 Å². The molecular formula is C36H52F6N10O6. The van der Waals surface area contributed by atoms with Crippen LogP contribution in [-0.4, -0.2) is 124 Å². The van der Waals surface area contributed by atoms with Gasteiger partial charge < -0.3 is 38.2 Å². The highest BCUT2D eigenvalue weighted by Crippen LogP contribution is 2.33. The minimum Gasteiger partial charge on any atom is -0.444 e. The summed E-state index contributed by atoms with van der Waals surface area (Å²) in [5, 5.41) is 13.7. The molecule has 324 valence electrons. The Morgan fingerprint density at radius 2 is 0.879 bits per heavy atom. The van der Waals surface area contributed by atoms with Crippen LogP contribution in [0.15, 0.2) is 0 Å². The van der Waals surface area contributed by atoms with Crippen LogP contribution in [0.2, 0.25) is 0 Å². The van der Waals surface area contributed by atoms with Crippen molar-refractivity contribution >= 4 is 24.0 Å². The number of carbonyl (C=O) groups is 4. The number of hydrogen-bond donors (Lipinski definition) is 0. The minimum absolute atomic E-state index is 0.000906. The number of likely N-dealkylation sites (tertiary alicyclic amines) is 2. The average molecular weight is 835 g/mol. The fourth-order valence-corrected chi connectivity index (χ4v) is 7.59. The molecule has 0 radical (unpaired) electrons. The molecule has 2 aromatic rings. The van der Waals surface area contributed by atoms with E-state index in [2.05, 4.69) is 20.4 Å². The predicted octanol–water partition coefficient (Wildman–Crippen LogP) is 5.06. The molecule has 4 aliphatic rings. The number of nitrogens with zero attached hydrogens (tertiary/aromatic N) is 10. The summed E-state index contributed by atoms with van der Waals surface area (Å²) in [4.78, 5) is 56.8. The zero-order chi connectivity index (χ0) is 43.1. The molecule has 0 unspecified atom stereocenters. The van der Waals surface area contributed by atoms with Crippen LogP contribution in [0.1, 0.15) is 91.5 Å². The van der Waals surface area contributed by atoms with Gasteiger partial charge in [-0.3, -0.25) is 9.59 Å². The third-order valence-corrected chi connectivity index (χ3v) is 10.4. The highest BCUT2D eigenvalue weighted by molar-refractivity contribution is 5.80. The molecule has 4 atom stereocenters. The number of piperidine rings is 2. The highest BCUT2D eigenvalue weighted by atomic mass is 19.4. The SMILES string of the molecule is C[C@@H]1CN(C(=O)OC(C)(C)C)CC[C@@H]1C(=O)N1CCn2c(nnc2C(F)(F)F)C1.C[C@H]1CN(C(=O)OC(C)(C)C)CC[C@H]1C(=O)N1CCn2c(nnc2C(F)(F)F)C1. The molecule has 6 heterocycles. The molecule has 2 fully saturated rings. The molecule has 2 saturated heterocycles. The van der Waals surface area contributed by atoms with Gasteiger partial charge in [-0.05, 0) is 66.2 Å². The predicted molar refractivity (Wildman–Crippen MR) is 191 cm³/mol. The summed E-state index contributed by atoms with van der Waals surface area (Å²) in [6.45, 7) is 16.5. The summed E-state index contributed by atoms with van der Waals surface area (Å²) in [6, 6.07) is 0. The van der Waals surface area contributed by atoms with E-state index in [1.54, 1.807) is 51.3 Å². The fraction of sp³-hybridized carbons (Fsp3) is 0.778. The number of alkyl halides is 6. The van der Waals surface area contributed by atoms with Crippen molar-refractivity contribution in [2.45, 2.75) is 118 Å². The fourth-order valence-electron chi connectivity index (χ4n) is 7.59. The number of halogens is 6. The second-order valence-corrected chi connectivity index (χ2v) is 17.3. The molecule has 0 spiro atoms. The van der Waals surface area contributed by atoms with Crippen LogP contribution in [0.25, 0.3) is 0 Å². The van der Waals surface area contributed by atoms with Crippen molar-refractivity contribution in [3.63, 3.8) is 0 Å².